The fourth-order valence-electron chi connectivity index (χ4n) is 2.54. The van der Waals surface area contributed by atoms with Crippen LogP contribution in [0.1, 0.15) is 12.6 Å². The molecule has 9 heteroatoms. The third kappa shape index (κ3) is 3.42. The van der Waals surface area contributed by atoms with E-state index in [1.54, 1.807) is 4.68 Å². The highest BCUT2D eigenvalue weighted by molar-refractivity contribution is 7.98. The lowest BCUT2D eigenvalue weighted by Gasteiger charge is -2.06. The van der Waals surface area contributed by atoms with Crippen molar-refractivity contribution in [1.82, 2.24) is 29.6 Å². The summed E-state index contributed by atoms with van der Waals surface area (Å²) in [5.74, 6) is 0.522. The van der Waals surface area contributed by atoms with Gasteiger partial charge in [-0.15, -0.1) is 5.10 Å². The molecule has 3 aromatic heterocycles. The number of hydrogen-bond donors (Lipinski definition) is 1. The molecule has 1 N–H and O–H groups in total. The molecular formula is C17H15N7OS. The van der Waals surface area contributed by atoms with Crippen LogP contribution in [0.3, 0.4) is 0 Å². The number of amides is 1. The minimum Gasteiger partial charge on any atom is -0.326 e. The van der Waals surface area contributed by atoms with E-state index in [-0.39, 0.29) is 5.91 Å². The van der Waals surface area contributed by atoms with Crippen LogP contribution >= 0.6 is 11.8 Å². The molecule has 0 saturated heterocycles. The monoisotopic (exact) mass is 365 g/mol. The summed E-state index contributed by atoms with van der Waals surface area (Å²) in [5.41, 5.74) is 3.33. The number of aromatic nitrogens is 6. The average Bonchev–Trinajstić information content (AvgIpc) is 3.26. The molecule has 1 aromatic carbocycles. The van der Waals surface area contributed by atoms with Crippen molar-refractivity contribution in [3.8, 4) is 5.69 Å². The molecule has 1 amide bonds. The van der Waals surface area contributed by atoms with E-state index in [1.807, 2.05) is 59.3 Å². The van der Waals surface area contributed by atoms with E-state index >= 15 is 0 Å². The van der Waals surface area contributed by atoms with Gasteiger partial charge in [0.05, 0.1) is 11.4 Å². The first-order valence-electron chi connectivity index (χ1n) is 7.91. The highest BCUT2D eigenvalue weighted by atomic mass is 32.2. The summed E-state index contributed by atoms with van der Waals surface area (Å²) in [5, 5.41) is 15.3. The minimum absolute atomic E-state index is 0.125. The van der Waals surface area contributed by atoms with Crippen molar-refractivity contribution < 1.29 is 4.79 Å². The fraction of sp³-hybridized carbons (Fsp3) is 0.118. The maximum absolute atomic E-state index is 11.2. The maximum Gasteiger partial charge on any atom is 0.221 e. The summed E-state index contributed by atoms with van der Waals surface area (Å²) >= 11 is 1.50. The number of thioether (sulfide) groups is 1. The molecule has 0 aliphatic rings. The van der Waals surface area contributed by atoms with Crippen molar-refractivity contribution in [2.75, 3.05) is 5.32 Å². The number of rotatable bonds is 5. The number of anilines is 1. The molecule has 0 atom stereocenters. The zero-order valence-electron chi connectivity index (χ0n) is 13.9. The first kappa shape index (κ1) is 16.3. The van der Waals surface area contributed by atoms with Crippen LogP contribution in [0.25, 0.3) is 11.3 Å². The molecule has 0 saturated carbocycles. The van der Waals surface area contributed by atoms with E-state index in [0.717, 1.165) is 17.0 Å². The van der Waals surface area contributed by atoms with E-state index in [0.29, 0.717) is 16.6 Å². The van der Waals surface area contributed by atoms with E-state index in [1.165, 1.54) is 18.7 Å². The maximum atomic E-state index is 11.2. The molecule has 0 bridgehead atoms. The largest absolute Gasteiger partial charge is 0.326 e. The van der Waals surface area contributed by atoms with Crippen molar-refractivity contribution in [1.29, 1.82) is 0 Å². The predicted molar refractivity (Wildman–Crippen MR) is 98.2 cm³/mol. The molecule has 4 rings (SSSR count). The number of pyridine rings is 1. The second-order valence-electron chi connectivity index (χ2n) is 5.59. The van der Waals surface area contributed by atoms with E-state index < -0.39 is 0 Å². The Balaban J connectivity index is 1.54. The summed E-state index contributed by atoms with van der Waals surface area (Å²) in [6.07, 6.45) is 3.96. The average molecular weight is 365 g/mol. The van der Waals surface area contributed by atoms with Crippen LogP contribution in [0.4, 0.5) is 5.69 Å². The van der Waals surface area contributed by atoms with Crippen LogP contribution in [-0.4, -0.2) is 35.5 Å². The molecule has 0 aliphatic carbocycles. The number of hydrogen-bond acceptors (Lipinski definition) is 6. The van der Waals surface area contributed by atoms with Gasteiger partial charge in [0.15, 0.2) is 0 Å². The SMILES string of the molecule is CC(=O)Nc1cccc(-n2nnnc2SCc2cn3ccccc3n2)c1. The number of fused-ring (bicyclic) bond motifs is 1. The quantitative estimate of drug-likeness (QED) is 0.547. The third-order valence-corrected chi connectivity index (χ3v) is 4.57. The van der Waals surface area contributed by atoms with Gasteiger partial charge in [0.1, 0.15) is 5.65 Å². The lowest BCUT2D eigenvalue weighted by Crippen LogP contribution is -2.07. The smallest absolute Gasteiger partial charge is 0.221 e. The molecule has 4 aromatic rings. The fourth-order valence-corrected chi connectivity index (χ4v) is 3.32. The number of nitrogens with one attached hydrogen (secondary N) is 1. The van der Waals surface area contributed by atoms with E-state index in [4.69, 9.17) is 0 Å². The van der Waals surface area contributed by atoms with Crippen LogP contribution < -0.4 is 5.32 Å². The summed E-state index contributed by atoms with van der Waals surface area (Å²) in [6, 6.07) is 13.3. The number of benzene rings is 1. The number of carbonyl (C=O) groups excluding carboxylic acids is 1. The molecule has 130 valence electrons. The third-order valence-electron chi connectivity index (χ3n) is 3.62. The topological polar surface area (TPSA) is 90.0 Å². The van der Waals surface area contributed by atoms with Gasteiger partial charge in [-0.05, 0) is 40.8 Å². The molecule has 0 spiro atoms. The Morgan fingerprint density at radius 3 is 3.00 bits per heavy atom. The van der Waals surface area contributed by atoms with Gasteiger partial charge in [-0.25, -0.2) is 4.98 Å². The Morgan fingerprint density at radius 1 is 1.23 bits per heavy atom. The van der Waals surface area contributed by atoms with Crippen molar-refractivity contribution in [2.24, 2.45) is 0 Å². The Morgan fingerprint density at radius 2 is 2.15 bits per heavy atom. The Labute approximate surface area is 153 Å². The first-order valence-corrected chi connectivity index (χ1v) is 8.89. The summed E-state index contributed by atoms with van der Waals surface area (Å²) in [7, 11) is 0. The number of tetrazole rings is 1. The number of nitrogens with zero attached hydrogens (tertiary/aromatic N) is 6. The lowest BCUT2D eigenvalue weighted by atomic mass is 10.3. The van der Waals surface area contributed by atoms with Crippen LogP contribution in [0.5, 0.6) is 0 Å². The highest BCUT2D eigenvalue weighted by Gasteiger charge is 2.11. The molecule has 0 unspecified atom stereocenters. The normalized spacial score (nSPS) is 11.0. The van der Waals surface area contributed by atoms with Crippen molar-refractivity contribution in [3.05, 3.63) is 60.6 Å². The lowest BCUT2D eigenvalue weighted by molar-refractivity contribution is -0.114. The zero-order valence-corrected chi connectivity index (χ0v) is 14.7. The second-order valence-corrected chi connectivity index (χ2v) is 6.53. The Kier molecular flexibility index (Phi) is 4.36. The van der Waals surface area contributed by atoms with Gasteiger partial charge in [-0.1, -0.05) is 23.9 Å². The molecule has 0 radical (unpaired) electrons. The van der Waals surface area contributed by atoms with Crippen LogP contribution in [-0.2, 0) is 10.5 Å². The van der Waals surface area contributed by atoms with Crippen molar-refractivity contribution in [3.63, 3.8) is 0 Å². The molecular weight excluding hydrogens is 350 g/mol. The van der Waals surface area contributed by atoms with Gasteiger partial charge >= 0.3 is 0 Å². The first-order chi connectivity index (χ1) is 12.7. The van der Waals surface area contributed by atoms with Gasteiger partial charge in [0.2, 0.25) is 11.1 Å². The summed E-state index contributed by atoms with van der Waals surface area (Å²) < 4.78 is 3.63. The minimum atomic E-state index is -0.125. The van der Waals surface area contributed by atoms with Crippen molar-refractivity contribution in [2.45, 2.75) is 17.8 Å². The van der Waals surface area contributed by atoms with Crippen LogP contribution in [0.15, 0.2) is 60.0 Å². The summed E-state index contributed by atoms with van der Waals surface area (Å²) in [6.45, 7) is 1.47. The van der Waals surface area contributed by atoms with E-state index in [2.05, 4.69) is 25.8 Å². The molecule has 3 heterocycles. The van der Waals surface area contributed by atoms with Crippen LogP contribution in [0.2, 0.25) is 0 Å². The second kappa shape index (κ2) is 6.96. The predicted octanol–water partition coefficient (Wildman–Crippen LogP) is 2.56. The molecule has 8 nitrogen and oxygen atoms in total. The van der Waals surface area contributed by atoms with Gasteiger partial charge < -0.3 is 9.72 Å². The van der Waals surface area contributed by atoms with Gasteiger partial charge in [0.25, 0.3) is 0 Å². The standard InChI is InChI=1S/C17H15N7OS/c1-12(25)18-13-5-4-6-15(9-13)24-17(20-21-22-24)26-11-14-10-23-8-3-2-7-16(23)19-14/h2-10H,11H2,1H3,(H,18,25). The molecule has 0 fully saturated rings. The van der Waals surface area contributed by atoms with Crippen LogP contribution in [0, 0.1) is 0 Å². The van der Waals surface area contributed by atoms with Gasteiger partial charge in [-0.3, -0.25) is 4.79 Å². The Hall–Kier alpha value is -3.20. The molecule has 0 aliphatic heterocycles. The number of carbonyl (C=O) groups is 1. The van der Waals surface area contributed by atoms with Crippen molar-refractivity contribution >= 4 is 29.0 Å². The highest BCUT2D eigenvalue weighted by Crippen LogP contribution is 2.23. The zero-order chi connectivity index (χ0) is 17.9. The summed E-state index contributed by atoms with van der Waals surface area (Å²) in [4.78, 5) is 15.8. The molecule has 26 heavy (non-hydrogen) atoms. The van der Waals surface area contributed by atoms with E-state index in [9.17, 15) is 4.79 Å². The van der Waals surface area contributed by atoms with Gasteiger partial charge in [0, 0.05) is 30.8 Å². The number of imidazole rings is 1. The Bertz CT molecular complexity index is 1040. The van der Waals surface area contributed by atoms with Gasteiger partial charge in [-0.2, -0.15) is 4.68 Å².